The average Bonchev–Trinajstić information content (AvgIpc) is 2.86. The highest BCUT2D eigenvalue weighted by molar-refractivity contribution is 5.94. The molecule has 0 unspecified atom stereocenters. The Morgan fingerprint density at radius 2 is 1.62 bits per heavy atom. The molecule has 0 bridgehead atoms. The van der Waals surface area contributed by atoms with Gasteiger partial charge in [0.25, 0.3) is 11.5 Å². The molecule has 0 fully saturated rings. The molecule has 0 aliphatic heterocycles. The molecule has 0 saturated carbocycles. The molecule has 4 aromatic rings. The standard InChI is InChI=1S/C26H25N3O5/c1-16(18-7-5-4-6-8-18)27-24(30)19-11-9-17(10-12-19)15-29-25(31)20-13-22(33-2)23(34-3)14-21(20)28-26(29)32/h4-14,16H,15H2,1-3H3,(H,27,30)(H,28,32)/t16-/m0/s1. The number of aromatic nitrogens is 2. The number of nitrogens with zero attached hydrogens (tertiary/aromatic N) is 1. The molecule has 1 atom stereocenters. The Bertz CT molecular complexity index is 1440. The maximum absolute atomic E-state index is 13.0. The quantitative estimate of drug-likeness (QED) is 0.442. The van der Waals surface area contributed by atoms with Gasteiger partial charge in [0.15, 0.2) is 11.5 Å². The summed E-state index contributed by atoms with van der Waals surface area (Å²) in [6, 6.07) is 19.5. The summed E-state index contributed by atoms with van der Waals surface area (Å²) in [6.45, 7) is 1.98. The third-order valence-corrected chi connectivity index (χ3v) is 5.69. The summed E-state index contributed by atoms with van der Waals surface area (Å²) < 4.78 is 11.6. The van der Waals surface area contributed by atoms with E-state index in [1.54, 1.807) is 36.4 Å². The number of hydrogen-bond acceptors (Lipinski definition) is 5. The fourth-order valence-corrected chi connectivity index (χ4v) is 3.77. The number of nitrogens with one attached hydrogen (secondary N) is 2. The van der Waals surface area contributed by atoms with Crippen LogP contribution < -0.4 is 26.0 Å². The highest BCUT2D eigenvalue weighted by Crippen LogP contribution is 2.29. The third-order valence-electron chi connectivity index (χ3n) is 5.69. The van der Waals surface area contributed by atoms with Crippen LogP contribution in [0.15, 0.2) is 76.3 Å². The first kappa shape index (κ1) is 22.8. The molecule has 1 aromatic heterocycles. The topological polar surface area (TPSA) is 102 Å². The molecular weight excluding hydrogens is 434 g/mol. The molecular formula is C26H25N3O5. The van der Waals surface area contributed by atoms with Crippen molar-refractivity contribution in [2.24, 2.45) is 0 Å². The molecule has 1 heterocycles. The Hall–Kier alpha value is -4.33. The number of carbonyl (C=O) groups is 1. The Balaban J connectivity index is 1.56. The molecule has 0 aliphatic rings. The van der Waals surface area contributed by atoms with Crippen LogP contribution in [0.4, 0.5) is 0 Å². The molecule has 34 heavy (non-hydrogen) atoms. The average molecular weight is 460 g/mol. The minimum Gasteiger partial charge on any atom is -0.493 e. The summed E-state index contributed by atoms with van der Waals surface area (Å²) in [4.78, 5) is 41.0. The molecule has 0 saturated heterocycles. The number of amides is 1. The Morgan fingerprint density at radius 3 is 2.26 bits per heavy atom. The minimum absolute atomic E-state index is 0.0563. The highest BCUT2D eigenvalue weighted by atomic mass is 16.5. The molecule has 0 spiro atoms. The molecule has 1 amide bonds. The third kappa shape index (κ3) is 4.56. The van der Waals surface area contributed by atoms with Gasteiger partial charge in [0, 0.05) is 11.6 Å². The summed E-state index contributed by atoms with van der Waals surface area (Å²) in [5.74, 6) is 0.605. The van der Waals surface area contributed by atoms with Gasteiger partial charge in [-0.25, -0.2) is 4.79 Å². The first-order valence-electron chi connectivity index (χ1n) is 10.7. The first-order valence-corrected chi connectivity index (χ1v) is 10.7. The predicted molar refractivity (Wildman–Crippen MR) is 130 cm³/mol. The monoisotopic (exact) mass is 459 g/mol. The van der Waals surface area contributed by atoms with E-state index in [4.69, 9.17) is 9.47 Å². The van der Waals surface area contributed by atoms with Crippen molar-refractivity contribution in [1.29, 1.82) is 0 Å². The van der Waals surface area contributed by atoms with Crippen LogP contribution in [0.2, 0.25) is 0 Å². The van der Waals surface area contributed by atoms with Crippen molar-refractivity contribution < 1.29 is 14.3 Å². The predicted octanol–water partition coefficient (Wildman–Crippen LogP) is 3.25. The Labute approximate surface area is 195 Å². The van der Waals surface area contributed by atoms with Gasteiger partial charge in [-0.2, -0.15) is 0 Å². The highest BCUT2D eigenvalue weighted by Gasteiger charge is 2.14. The smallest absolute Gasteiger partial charge is 0.329 e. The number of hydrogen-bond donors (Lipinski definition) is 2. The summed E-state index contributed by atoms with van der Waals surface area (Å²) in [7, 11) is 2.96. The minimum atomic E-state index is -0.539. The van der Waals surface area contributed by atoms with E-state index in [0.29, 0.717) is 33.5 Å². The molecule has 0 aliphatic carbocycles. The second-order valence-electron chi connectivity index (χ2n) is 7.88. The number of benzene rings is 3. The van der Waals surface area contributed by atoms with Crippen LogP contribution in [-0.2, 0) is 6.54 Å². The number of carbonyl (C=O) groups excluding carboxylic acids is 1. The molecule has 8 nitrogen and oxygen atoms in total. The molecule has 0 radical (unpaired) electrons. The van der Waals surface area contributed by atoms with E-state index in [0.717, 1.165) is 10.1 Å². The lowest BCUT2D eigenvalue weighted by atomic mass is 10.1. The summed E-state index contributed by atoms with van der Waals surface area (Å²) >= 11 is 0. The van der Waals surface area contributed by atoms with Gasteiger partial charge in [-0.05, 0) is 36.2 Å². The van der Waals surface area contributed by atoms with Gasteiger partial charge in [0.2, 0.25) is 0 Å². The maximum Gasteiger partial charge on any atom is 0.329 e. The van der Waals surface area contributed by atoms with E-state index in [1.807, 2.05) is 37.3 Å². The van der Waals surface area contributed by atoms with E-state index in [-0.39, 0.29) is 18.5 Å². The summed E-state index contributed by atoms with van der Waals surface area (Å²) in [5, 5.41) is 3.28. The SMILES string of the molecule is COc1cc2[nH]c(=O)n(Cc3ccc(C(=O)N[C@@H](C)c4ccccc4)cc3)c(=O)c2cc1OC. The van der Waals surface area contributed by atoms with Crippen LogP contribution in [0.3, 0.4) is 0 Å². The number of methoxy groups -OCH3 is 2. The van der Waals surface area contributed by atoms with Crippen molar-refractivity contribution in [1.82, 2.24) is 14.9 Å². The fourth-order valence-electron chi connectivity index (χ4n) is 3.77. The van der Waals surface area contributed by atoms with Crippen molar-refractivity contribution in [2.45, 2.75) is 19.5 Å². The Morgan fingerprint density at radius 1 is 0.971 bits per heavy atom. The van der Waals surface area contributed by atoms with E-state index in [1.165, 1.54) is 14.2 Å². The second-order valence-corrected chi connectivity index (χ2v) is 7.88. The lowest BCUT2D eigenvalue weighted by Gasteiger charge is -2.14. The lowest BCUT2D eigenvalue weighted by molar-refractivity contribution is 0.0940. The molecule has 8 heteroatoms. The van der Waals surface area contributed by atoms with Crippen LogP contribution in [0.25, 0.3) is 10.9 Å². The number of aromatic amines is 1. The Kier molecular flexibility index (Phi) is 6.49. The van der Waals surface area contributed by atoms with Crippen molar-refractivity contribution in [3.8, 4) is 11.5 Å². The normalized spacial score (nSPS) is 11.7. The summed E-state index contributed by atoms with van der Waals surface area (Å²) in [6.07, 6.45) is 0. The molecule has 4 rings (SSSR count). The fraction of sp³-hybridized carbons (Fsp3) is 0.192. The van der Waals surface area contributed by atoms with Gasteiger partial charge >= 0.3 is 5.69 Å². The van der Waals surface area contributed by atoms with Gasteiger partial charge in [-0.15, -0.1) is 0 Å². The van der Waals surface area contributed by atoms with Crippen LogP contribution in [-0.4, -0.2) is 29.7 Å². The lowest BCUT2D eigenvalue weighted by Crippen LogP contribution is -2.35. The van der Waals surface area contributed by atoms with E-state index < -0.39 is 11.2 Å². The van der Waals surface area contributed by atoms with Crippen LogP contribution in [0.1, 0.15) is 34.5 Å². The van der Waals surface area contributed by atoms with Gasteiger partial charge in [-0.3, -0.25) is 14.2 Å². The maximum atomic E-state index is 13.0. The van der Waals surface area contributed by atoms with Crippen LogP contribution in [0.5, 0.6) is 11.5 Å². The molecule has 174 valence electrons. The van der Waals surface area contributed by atoms with Gasteiger partial charge in [-0.1, -0.05) is 42.5 Å². The molecule has 3 aromatic carbocycles. The van der Waals surface area contributed by atoms with E-state index >= 15 is 0 Å². The summed E-state index contributed by atoms with van der Waals surface area (Å²) in [5.41, 5.74) is 1.59. The first-order chi connectivity index (χ1) is 16.4. The van der Waals surface area contributed by atoms with E-state index in [2.05, 4.69) is 10.3 Å². The van der Waals surface area contributed by atoms with E-state index in [9.17, 15) is 14.4 Å². The van der Waals surface area contributed by atoms with Crippen molar-refractivity contribution in [3.63, 3.8) is 0 Å². The van der Waals surface area contributed by atoms with Gasteiger partial charge in [0.1, 0.15) is 0 Å². The zero-order valence-corrected chi connectivity index (χ0v) is 19.1. The van der Waals surface area contributed by atoms with Crippen molar-refractivity contribution in [3.05, 3.63) is 104 Å². The number of H-pyrrole nitrogens is 1. The van der Waals surface area contributed by atoms with Crippen molar-refractivity contribution in [2.75, 3.05) is 14.2 Å². The zero-order valence-electron chi connectivity index (χ0n) is 19.1. The number of rotatable bonds is 7. The second kappa shape index (κ2) is 9.66. The van der Waals surface area contributed by atoms with Crippen LogP contribution >= 0.6 is 0 Å². The number of ether oxygens (including phenoxy) is 2. The van der Waals surface area contributed by atoms with Crippen LogP contribution in [0, 0.1) is 0 Å². The molecule has 2 N–H and O–H groups in total. The van der Waals surface area contributed by atoms with Gasteiger partial charge in [0.05, 0.1) is 37.7 Å². The largest absolute Gasteiger partial charge is 0.493 e. The van der Waals surface area contributed by atoms with Gasteiger partial charge < -0.3 is 19.8 Å². The number of fused-ring (bicyclic) bond motifs is 1. The zero-order chi connectivity index (χ0) is 24.2. The van der Waals surface area contributed by atoms with Crippen molar-refractivity contribution >= 4 is 16.8 Å².